The lowest BCUT2D eigenvalue weighted by Gasteiger charge is -2.16. The van der Waals surface area contributed by atoms with Gasteiger partial charge in [-0.3, -0.25) is 0 Å². The largest absolute Gasteiger partial charge is 0.496 e. The van der Waals surface area contributed by atoms with Crippen LogP contribution in [0.25, 0.3) is 0 Å². The van der Waals surface area contributed by atoms with Crippen molar-refractivity contribution in [1.29, 1.82) is 0 Å². The number of hydrogen-bond donors (Lipinski definition) is 1. The van der Waals surface area contributed by atoms with E-state index >= 15 is 0 Å². The third-order valence-electron chi connectivity index (χ3n) is 3.00. The molecule has 1 aromatic carbocycles. The summed E-state index contributed by atoms with van der Waals surface area (Å²) in [6.07, 6.45) is 1.11. The molecule has 0 aromatic heterocycles. The van der Waals surface area contributed by atoms with E-state index in [0.29, 0.717) is 23.6 Å². The molecule has 6 heteroatoms. The number of rotatable bonds is 7. The van der Waals surface area contributed by atoms with Gasteiger partial charge in [-0.1, -0.05) is 18.5 Å². The Bertz CT molecular complexity index is 517. The van der Waals surface area contributed by atoms with Gasteiger partial charge in [0.1, 0.15) is 15.6 Å². The highest BCUT2D eigenvalue weighted by Crippen LogP contribution is 2.29. The maximum absolute atomic E-state index is 11.4. The summed E-state index contributed by atoms with van der Waals surface area (Å²) in [7, 11) is -1.36. The smallest absolute Gasteiger partial charge is 0.150 e. The summed E-state index contributed by atoms with van der Waals surface area (Å²) in [5.41, 5.74) is 6.89. The Morgan fingerprint density at radius 2 is 2.11 bits per heavy atom. The zero-order chi connectivity index (χ0) is 14.5. The Hall–Kier alpha value is -0.780. The quantitative estimate of drug-likeness (QED) is 0.840. The van der Waals surface area contributed by atoms with Gasteiger partial charge in [0.25, 0.3) is 0 Å². The molecule has 4 nitrogen and oxygen atoms in total. The highest BCUT2D eigenvalue weighted by molar-refractivity contribution is 7.91. The maximum Gasteiger partial charge on any atom is 0.150 e. The van der Waals surface area contributed by atoms with Crippen molar-refractivity contribution in [3.05, 3.63) is 28.8 Å². The van der Waals surface area contributed by atoms with E-state index < -0.39 is 9.84 Å². The van der Waals surface area contributed by atoms with Gasteiger partial charge in [-0.25, -0.2) is 8.42 Å². The lowest BCUT2D eigenvalue weighted by molar-refractivity contribution is 0.404. The van der Waals surface area contributed by atoms with E-state index in [4.69, 9.17) is 22.1 Å². The minimum atomic E-state index is -2.93. The molecule has 0 aliphatic rings. The summed E-state index contributed by atoms with van der Waals surface area (Å²) in [5, 5.41) is 0.590. The van der Waals surface area contributed by atoms with Crippen molar-refractivity contribution in [3.8, 4) is 5.75 Å². The molecule has 1 aromatic rings. The minimum Gasteiger partial charge on any atom is -0.496 e. The number of ether oxygens (including phenoxy) is 1. The van der Waals surface area contributed by atoms with E-state index in [-0.39, 0.29) is 17.5 Å². The van der Waals surface area contributed by atoms with Crippen molar-refractivity contribution in [3.63, 3.8) is 0 Å². The van der Waals surface area contributed by atoms with Crippen LogP contribution in [0.2, 0.25) is 5.02 Å². The summed E-state index contributed by atoms with van der Waals surface area (Å²) < 4.78 is 28.0. The first-order valence-corrected chi connectivity index (χ1v) is 8.39. The average molecular weight is 306 g/mol. The Morgan fingerprint density at radius 3 is 2.68 bits per heavy atom. The van der Waals surface area contributed by atoms with Gasteiger partial charge in [0.15, 0.2) is 0 Å². The molecule has 0 aliphatic heterocycles. The summed E-state index contributed by atoms with van der Waals surface area (Å²) in [6.45, 7) is 1.65. The Kier molecular flexibility index (Phi) is 6.10. The third-order valence-corrected chi connectivity index (χ3v) is 5.03. The molecular weight excluding hydrogens is 286 g/mol. The molecule has 0 radical (unpaired) electrons. The SMILES string of the molecule is CCS(=O)(=O)CCCC(N)c1cc(Cl)ccc1OC. The first-order valence-electron chi connectivity index (χ1n) is 6.19. The third kappa shape index (κ3) is 5.01. The molecule has 19 heavy (non-hydrogen) atoms. The van der Waals surface area contributed by atoms with E-state index in [1.165, 1.54) is 0 Å². The molecule has 0 spiro atoms. The standard InChI is InChI=1S/C13H20ClNO3S/c1-3-19(16,17)8-4-5-12(15)11-9-10(14)6-7-13(11)18-2/h6-7,9,12H,3-5,8,15H2,1-2H3. The van der Waals surface area contributed by atoms with Gasteiger partial charge in [-0.15, -0.1) is 0 Å². The van der Waals surface area contributed by atoms with Crippen LogP contribution in [0.3, 0.4) is 0 Å². The maximum atomic E-state index is 11.4. The van der Waals surface area contributed by atoms with Gasteiger partial charge in [-0.2, -0.15) is 0 Å². The number of hydrogen-bond acceptors (Lipinski definition) is 4. The second-order valence-electron chi connectivity index (χ2n) is 4.37. The zero-order valence-corrected chi connectivity index (χ0v) is 12.8. The normalized spacial score (nSPS) is 13.3. The Labute approximate surface area is 119 Å². The van der Waals surface area contributed by atoms with E-state index in [1.54, 1.807) is 32.2 Å². The van der Waals surface area contributed by atoms with Crippen LogP contribution < -0.4 is 10.5 Å². The van der Waals surface area contributed by atoms with Gasteiger partial charge in [0.05, 0.1) is 12.9 Å². The first-order chi connectivity index (χ1) is 8.89. The summed E-state index contributed by atoms with van der Waals surface area (Å²) in [6, 6.07) is 4.98. The summed E-state index contributed by atoms with van der Waals surface area (Å²) >= 11 is 5.94. The van der Waals surface area contributed by atoms with Crippen LogP contribution >= 0.6 is 11.6 Å². The topological polar surface area (TPSA) is 69.4 Å². The lowest BCUT2D eigenvalue weighted by atomic mass is 10.0. The lowest BCUT2D eigenvalue weighted by Crippen LogP contribution is -2.15. The van der Waals surface area contributed by atoms with Crippen molar-refractivity contribution in [2.24, 2.45) is 5.73 Å². The molecule has 0 saturated heterocycles. The molecule has 108 valence electrons. The molecule has 0 heterocycles. The number of halogens is 1. The van der Waals surface area contributed by atoms with Gasteiger partial charge in [0.2, 0.25) is 0 Å². The first kappa shape index (κ1) is 16.3. The fraction of sp³-hybridized carbons (Fsp3) is 0.538. The van der Waals surface area contributed by atoms with Gasteiger partial charge in [0, 0.05) is 22.4 Å². The van der Waals surface area contributed by atoms with Crippen LogP contribution in [0.4, 0.5) is 0 Å². The molecule has 0 amide bonds. The van der Waals surface area contributed by atoms with Crippen molar-refractivity contribution in [2.45, 2.75) is 25.8 Å². The summed E-state index contributed by atoms with van der Waals surface area (Å²) in [5.74, 6) is 1.01. The van der Waals surface area contributed by atoms with Crippen LogP contribution in [0.1, 0.15) is 31.4 Å². The average Bonchev–Trinajstić information content (AvgIpc) is 2.38. The van der Waals surface area contributed by atoms with Gasteiger partial charge in [-0.05, 0) is 31.0 Å². The molecule has 1 unspecified atom stereocenters. The molecule has 2 N–H and O–H groups in total. The Balaban J connectivity index is 2.68. The number of nitrogens with two attached hydrogens (primary N) is 1. The molecule has 0 saturated carbocycles. The second kappa shape index (κ2) is 7.12. The predicted octanol–water partition coefficient (Wildman–Crippen LogP) is 2.56. The molecule has 1 atom stereocenters. The summed E-state index contributed by atoms with van der Waals surface area (Å²) in [4.78, 5) is 0. The van der Waals surface area contributed by atoms with Crippen LogP contribution in [-0.4, -0.2) is 27.0 Å². The molecule has 1 rings (SSSR count). The van der Waals surface area contributed by atoms with Gasteiger partial charge >= 0.3 is 0 Å². The van der Waals surface area contributed by atoms with Gasteiger partial charge < -0.3 is 10.5 Å². The van der Waals surface area contributed by atoms with E-state index in [2.05, 4.69) is 0 Å². The van der Waals surface area contributed by atoms with Crippen LogP contribution in [-0.2, 0) is 9.84 Å². The predicted molar refractivity (Wildman–Crippen MR) is 78.5 cm³/mol. The number of benzene rings is 1. The monoisotopic (exact) mass is 305 g/mol. The highest BCUT2D eigenvalue weighted by Gasteiger charge is 2.14. The van der Waals surface area contributed by atoms with Crippen LogP contribution in [0.5, 0.6) is 5.75 Å². The van der Waals surface area contributed by atoms with Crippen molar-refractivity contribution < 1.29 is 13.2 Å². The van der Waals surface area contributed by atoms with Crippen LogP contribution in [0.15, 0.2) is 18.2 Å². The molecule has 0 bridgehead atoms. The minimum absolute atomic E-state index is 0.167. The molecule has 0 fully saturated rings. The van der Waals surface area contributed by atoms with Crippen LogP contribution in [0, 0.1) is 0 Å². The van der Waals surface area contributed by atoms with Crippen molar-refractivity contribution in [1.82, 2.24) is 0 Å². The fourth-order valence-corrected chi connectivity index (χ4v) is 2.89. The second-order valence-corrected chi connectivity index (χ2v) is 7.28. The number of methoxy groups -OCH3 is 1. The highest BCUT2D eigenvalue weighted by atomic mass is 35.5. The van der Waals surface area contributed by atoms with E-state index in [1.807, 2.05) is 0 Å². The fourth-order valence-electron chi connectivity index (χ4n) is 1.82. The van der Waals surface area contributed by atoms with E-state index in [0.717, 1.165) is 5.56 Å². The van der Waals surface area contributed by atoms with Crippen molar-refractivity contribution in [2.75, 3.05) is 18.6 Å². The number of sulfone groups is 1. The Morgan fingerprint density at radius 1 is 1.42 bits per heavy atom. The zero-order valence-electron chi connectivity index (χ0n) is 11.2. The van der Waals surface area contributed by atoms with Crippen molar-refractivity contribution >= 4 is 21.4 Å². The molecule has 0 aliphatic carbocycles. The van der Waals surface area contributed by atoms with E-state index in [9.17, 15) is 8.42 Å². The molecular formula is C13H20ClNO3S.